The van der Waals surface area contributed by atoms with Gasteiger partial charge in [0.15, 0.2) is 0 Å². The van der Waals surface area contributed by atoms with E-state index in [0.717, 1.165) is 12.1 Å². The number of aromatic nitrogens is 2. The highest BCUT2D eigenvalue weighted by molar-refractivity contribution is 6.30. The number of hydrogen-bond donors (Lipinski definition) is 2. The maximum atomic E-state index is 12.4. The standard InChI is InChI=1S/C17H19ClN4O3/c1-25-15-7-11(18)2-3-12(15)17(24)20-8-10-4-5-22-14(6-10)13(9-21-22)16(19)23/h2-3,7,9-10H,4-6,8H2,1H3,(H2,19,23)(H,20,24). The van der Waals surface area contributed by atoms with Crippen molar-refractivity contribution in [2.45, 2.75) is 19.4 Å². The number of primary amides is 1. The number of halogens is 1. The molecule has 3 N–H and O–H groups in total. The van der Waals surface area contributed by atoms with Gasteiger partial charge in [0.1, 0.15) is 5.75 Å². The molecule has 0 bridgehead atoms. The number of nitrogens with zero attached hydrogens (tertiary/aromatic N) is 2. The summed E-state index contributed by atoms with van der Waals surface area (Å²) in [5.74, 6) is -0.0492. The van der Waals surface area contributed by atoms with Crippen LogP contribution in [0.4, 0.5) is 0 Å². The Kier molecular flexibility index (Phi) is 4.94. The first-order valence-corrected chi connectivity index (χ1v) is 8.33. The summed E-state index contributed by atoms with van der Waals surface area (Å²) in [6.07, 6.45) is 3.03. The minimum atomic E-state index is -0.475. The third-order valence-electron chi connectivity index (χ3n) is 4.40. The maximum absolute atomic E-state index is 12.4. The van der Waals surface area contributed by atoms with Crippen molar-refractivity contribution in [2.75, 3.05) is 13.7 Å². The number of carbonyl (C=O) groups excluding carboxylic acids is 2. The highest BCUT2D eigenvalue weighted by Crippen LogP contribution is 2.24. The summed E-state index contributed by atoms with van der Waals surface area (Å²) in [6.45, 7) is 1.20. The van der Waals surface area contributed by atoms with Gasteiger partial charge in [-0.25, -0.2) is 0 Å². The van der Waals surface area contributed by atoms with E-state index in [1.165, 1.54) is 13.3 Å². The van der Waals surface area contributed by atoms with Gasteiger partial charge in [-0.05, 0) is 37.0 Å². The summed E-state index contributed by atoms with van der Waals surface area (Å²) < 4.78 is 7.02. The molecule has 0 saturated heterocycles. The molecule has 132 valence electrons. The van der Waals surface area contributed by atoms with Gasteiger partial charge in [-0.2, -0.15) is 5.10 Å². The molecule has 1 aliphatic rings. The number of aryl methyl sites for hydroxylation is 1. The van der Waals surface area contributed by atoms with Gasteiger partial charge in [-0.3, -0.25) is 14.3 Å². The van der Waals surface area contributed by atoms with Gasteiger partial charge in [0.2, 0.25) is 0 Å². The summed E-state index contributed by atoms with van der Waals surface area (Å²) in [4.78, 5) is 23.9. The molecule has 25 heavy (non-hydrogen) atoms. The highest BCUT2D eigenvalue weighted by atomic mass is 35.5. The summed E-state index contributed by atoms with van der Waals surface area (Å²) in [5, 5.41) is 7.62. The van der Waals surface area contributed by atoms with Crippen molar-refractivity contribution in [3.8, 4) is 5.75 Å². The van der Waals surface area contributed by atoms with Crippen LogP contribution in [0.1, 0.15) is 32.8 Å². The van der Waals surface area contributed by atoms with Gasteiger partial charge >= 0.3 is 0 Å². The Morgan fingerprint density at radius 3 is 2.96 bits per heavy atom. The van der Waals surface area contributed by atoms with Crippen LogP contribution in [0.2, 0.25) is 5.02 Å². The summed E-state index contributed by atoms with van der Waals surface area (Å²) in [7, 11) is 1.50. The van der Waals surface area contributed by atoms with E-state index in [4.69, 9.17) is 22.1 Å². The van der Waals surface area contributed by atoms with E-state index >= 15 is 0 Å². The average Bonchev–Trinajstić information content (AvgIpc) is 3.02. The van der Waals surface area contributed by atoms with Crippen LogP contribution in [0.25, 0.3) is 0 Å². The Labute approximate surface area is 150 Å². The molecule has 7 nitrogen and oxygen atoms in total. The van der Waals surface area contributed by atoms with Crippen molar-refractivity contribution >= 4 is 23.4 Å². The molecule has 3 rings (SSSR count). The van der Waals surface area contributed by atoms with Crippen LogP contribution >= 0.6 is 11.6 Å². The van der Waals surface area contributed by atoms with Crippen molar-refractivity contribution in [1.29, 1.82) is 0 Å². The number of hydrogen-bond acceptors (Lipinski definition) is 4. The van der Waals surface area contributed by atoms with Crippen molar-refractivity contribution in [2.24, 2.45) is 11.7 Å². The average molecular weight is 363 g/mol. The van der Waals surface area contributed by atoms with Crippen LogP contribution in [-0.4, -0.2) is 35.2 Å². The molecule has 0 saturated carbocycles. The lowest BCUT2D eigenvalue weighted by Crippen LogP contribution is -2.34. The molecule has 8 heteroatoms. The molecule has 2 heterocycles. The van der Waals surface area contributed by atoms with Crippen LogP contribution in [-0.2, 0) is 13.0 Å². The number of ether oxygens (including phenoxy) is 1. The van der Waals surface area contributed by atoms with E-state index in [9.17, 15) is 9.59 Å². The van der Waals surface area contributed by atoms with Crippen molar-refractivity contribution in [3.63, 3.8) is 0 Å². The van der Waals surface area contributed by atoms with Gasteiger partial charge in [-0.1, -0.05) is 11.6 Å². The van der Waals surface area contributed by atoms with Crippen molar-refractivity contribution in [1.82, 2.24) is 15.1 Å². The van der Waals surface area contributed by atoms with Gasteiger partial charge < -0.3 is 15.8 Å². The Morgan fingerprint density at radius 2 is 2.24 bits per heavy atom. The molecule has 1 atom stereocenters. The third-order valence-corrected chi connectivity index (χ3v) is 4.64. The first kappa shape index (κ1) is 17.3. The first-order valence-electron chi connectivity index (χ1n) is 7.95. The van der Waals surface area contributed by atoms with Crippen molar-refractivity contribution < 1.29 is 14.3 Å². The quantitative estimate of drug-likeness (QED) is 0.844. The van der Waals surface area contributed by atoms with Crippen LogP contribution in [0.5, 0.6) is 5.75 Å². The minimum absolute atomic E-state index is 0.213. The van der Waals surface area contributed by atoms with E-state index in [2.05, 4.69) is 10.4 Å². The zero-order valence-electron chi connectivity index (χ0n) is 13.8. The number of nitrogens with two attached hydrogens (primary N) is 1. The normalized spacial score (nSPS) is 16.2. The second kappa shape index (κ2) is 7.14. The largest absolute Gasteiger partial charge is 0.496 e. The minimum Gasteiger partial charge on any atom is -0.496 e. The first-order chi connectivity index (χ1) is 12.0. The molecule has 1 aromatic heterocycles. The zero-order chi connectivity index (χ0) is 18.0. The molecule has 2 amide bonds. The van der Waals surface area contributed by atoms with Crippen LogP contribution in [0.15, 0.2) is 24.4 Å². The summed E-state index contributed by atoms with van der Waals surface area (Å²) in [5.41, 5.74) is 7.11. The topological polar surface area (TPSA) is 99.2 Å². The Morgan fingerprint density at radius 1 is 1.44 bits per heavy atom. The molecule has 0 spiro atoms. The van der Waals surface area contributed by atoms with E-state index in [1.807, 2.05) is 0 Å². The van der Waals surface area contributed by atoms with Gasteiger partial charge in [0.05, 0.1) is 30.1 Å². The lowest BCUT2D eigenvalue weighted by atomic mass is 9.94. The van der Waals surface area contributed by atoms with Gasteiger partial charge in [-0.15, -0.1) is 0 Å². The number of amides is 2. The second-order valence-corrected chi connectivity index (χ2v) is 6.44. The smallest absolute Gasteiger partial charge is 0.255 e. The van der Waals surface area contributed by atoms with E-state index in [1.54, 1.807) is 22.9 Å². The van der Waals surface area contributed by atoms with E-state index in [-0.39, 0.29) is 11.8 Å². The monoisotopic (exact) mass is 362 g/mol. The van der Waals surface area contributed by atoms with Gasteiger partial charge in [0.25, 0.3) is 11.8 Å². The Balaban J connectivity index is 1.65. The van der Waals surface area contributed by atoms with Gasteiger partial charge in [0, 0.05) is 18.1 Å². The van der Waals surface area contributed by atoms with Crippen LogP contribution in [0.3, 0.4) is 0 Å². The molecule has 0 fully saturated rings. The predicted molar refractivity (Wildman–Crippen MR) is 92.9 cm³/mol. The number of fused-ring (bicyclic) bond motifs is 1. The fraction of sp³-hybridized carbons (Fsp3) is 0.353. The van der Waals surface area contributed by atoms with E-state index in [0.29, 0.717) is 41.4 Å². The number of nitrogens with one attached hydrogen (secondary N) is 1. The molecule has 0 aliphatic carbocycles. The zero-order valence-corrected chi connectivity index (χ0v) is 14.5. The summed E-state index contributed by atoms with van der Waals surface area (Å²) >= 11 is 5.92. The fourth-order valence-corrected chi connectivity index (χ4v) is 3.23. The highest BCUT2D eigenvalue weighted by Gasteiger charge is 2.25. The molecule has 2 aromatic rings. The molecular weight excluding hydrogens is 344 g/mol. The molecule has 0 radical (unpaired) electrons. The molecular formula is C17H19ClN4O3. The molecule has 1 aromatic carbocycles. The third kappa shape index (κ3) is 3.61. The van der Waals surface area contributed by atoms with E-state index < -0.39 is 5.91 Å². The van der Waals surface area contributed by atoms with Crippen LogP contribution < -0.4 is 15.8 Å². The lowest BCUT2D eigenvalue weighted by Gasteiger charge is -2.24. The predicted octanol–water partition coefficient (Wildman–Crippen LogP) is 1.64. The van der Waals surface area contributed by atoms with Crippen LogP contribution in [0, 0.1) is 5.92 Å². The SMILES string of the molecule is COc1cc(Cl)ccc1C(=O)NCC1CCn2ncc(C(N)=O)c2C1. The maximum Gasteiger partial charge on any atom is 0.255 e. The molecule has 1 aliphatic heterocycles. The number of rotatable bonds is 5. The number of benzene rings is 1. The molecule has 1 unspecified atom stereocenters. The van der Waals surface area contributed by atoms with Crippen molar-refractivity contribution in [3.05, 3.63) is 46.2 Å². The second-order valence-electron chi connectivity index (χ2n) is 6.01. The fourth-order valence-electron chi connectivity index (χ4n) is 3.06. The summed E-state index contributed by atoms with van der Waals surface area (Å²) in [6, 6.07) is 4.89. The Hall–Kier alpha value is -2.54. The number of methoxy groups -OCH3 is 1. The number of carbonyl (C=O) groups is 2. The Bertz CT molecular complexity index is 818. The lowest BCUT2D eigenvalue weighted by molar-refractivity contribution is 0.0938.